The van der Waals surface area contributed by atoms with Gasteiger partial charge in [0, 0.05) is 44.8 Å². The van der Waals surface area contributed by atoms with Crippen LogP contribution in [0.2, 0.25) is 0 Å². The molecule has 2 radical (unpaired) electrons. The largest absolute Gasteiger partial charge is 0.260 e. The van der Waals surface area contributed by atoms with Crippen LogP contribution in [0.3, 0.4) is 0 Å². The average molecular weight is 334 g/mol. The Labute approximate surface area is 96.6 Å². The van der Waals surface area contributed by atoms with E-state index < -0.39 is 0 Å². The van der Waals surface area contributed by atoms with Crippen molar-refractivity contribution < 1.29 is 44.8 Å². The second-order valence-electron chi connectivity index (χ2n) is 2.01. The molecule has 1 aliphatic carbocycles. The van der Waals surface area contributed by atoms with Crippen LogP contribution in [-0.4, -0.2) is 18.1 Å². The van der Waals surface area contributed by atoms with Crippen molar-refractivity contribution in [2.24, 2.45) is 9.98 Å². The first kappa shape index (κ1) is 11.3. The van der Waals surface area contributed by atoms with Gasteiger partial charge in [0.25, 0.3) is 0 Å². The summed E-state index contributed by atoms with van der Waals surface area (Å²) in [6.07, 6.45) is 9.59. The van der Waals surface area contributed by atoms with E-state index in [1.807, 2.05) is 24.3 Å². The van der Waals surface area contributed by atoms with E-state index in [1.54, 1.807) is 6.34 Å². The number of rotatable bonds is 0. The monoisotopic (exact) mass is 332 g/mol. The van der Waals surface area contributed by atoms with Crippen LogP contribution < -0.4 is 0 Å². The average Bonchev–Trinajstić information content (AvgIpc) is 2.33. The van der Waals surface area contributed by atoms with Gasteiger partial charge in [0.2, 0.25) is 0 Å². The van der Waals surface area contributed by atoms with Gasteiger partial charge in [0.1, 0.15) is 12.4 Å². The number of fused-ring (bicyclic) bond motifs is 1. The van der Waals surface area contributed by atoms with Crippen LogP contribution in [0.15, 0.2) is 34.3 Å². The summed E-state index contributed by atoms with van der Waals surface area (Å²) in [5.74, 6) is 0. The fourth-order valence-electron chi connectivity index (χ4n) is 0.938. The van der Waals surface area contributed by atoms with Crippen LogP contribution >= 0.6 is 0 Å². The Morgan fingerprint density at radius 3 is 2.73 bits per heavy atom. The molecule has 4 heteroatoms. The second kappa shape index (κ2) is 5.04. The number of hydrogen-bond donors (Lipinski definition) is 0. The molecule has 0 amide bonds. The Hall–Kier alpha value is 0.301. The van der Waals surface area contributed by atoms with E-state index in [1.165, 1.54) is 0 Å². The van der Waals surface area contributed by atoms with Crippen LogP contribution in [0.4, 0.5) is 0 Å². The third-order valence-corrected chi connectivity index (χ3v) is 1.41. The van der Waals surface area contributed by atoms with Crippen molar-refractivity contribution in [1.29, 1.82) is 0 Å². The zero-order valence-electron chi connectivity index (χ0n) is 5.46. The molecule has 2 nitrogen and oxygen atoms in total. The topological polar surface area (TPSA) is 24.7 Å². The zero-order valence-corrected chi connectivity index (χ0v) is 8.43. The molecule has 1 heterocycles. The van der Waals surface area contributed by atoms with Gasteiger partial charge in [-0.1, -0.05) is 18.2 Å². The van der Waals surface area contributed by atoms with Gasteiger partial charge in [-0.15, -0.1) is 0 Å². The summed E-state index contributed by atoms with van der Waals surface area (Å²) >= 11 is 0. The predicted molar refractivity (Wildman–Crippen MR) is 38.0 cm³/mol. The molecule has 0 spiro atoms. The number of nitrogens with zero attached hydrogens (tertiary/aromatic N) is 2. The molecule has 1 aliphatic heterocycles. The van der Waals surface area contributed by atoms with Crippen molar-refractivity contribution in [2.75, 3.05) is 0 Å². The van der Waals surface area contributed by atoms with Crippen molar-refractivity contribution in [2.45, 2.75) is 6.04 Å². The Morgan fingerprint density at radius 2 is 2.00 bits per heavy atom. The smallest absolute Gasteiger partial charge is 0.112 e. The molecule has 0 bridgehead atoms. The molecule has 2 rings (SSSR count). The summed E-state index contributed by atoms with van der Waals surface area (Å²) in [6.45, 7) is 0. The Morgan fingerprint density at radius 1 is 1.18 bits per heavy atom. The van der Waals surface area contributed by atoms with Gasteiger partial charge in [0.15, 0.2) is 0 Å². The van der Waals surface area contributed by atoms with Crippen LogP contribution in [0, 0.1) is 0 Å². The normalized spacial score (nSPS) is 23.3. The number of aliphatic imine (C=N–C) groups is 2. The molecule has 0 saturated carbocycles. The van der Waals surface area contributed by atoms with Gasteiger partial charge < -0.3 is 0 Å². The van der Waals surface area contributed by atoms with Crippen LogP contribution in [0.5, 0.6) is 0 Å². The first-order valence-corrected chi connectivity index (χ1v) is 2.91. The van der Waals surface area contributed by atoms with Gasteiger partial charge in [-0.25, -0.2) is 4.99 Å². The minimum atomic E-state index is 0. The molecule has 0 fully saturated rings. The Balaban J connectivity index is 0.000000500. The van der Waals surface area contributed by atoms with E-state index in [0.29, 0.717) is 0 Å². The van der Waals surface area contributed by atoms with E-state index in [-0.39, 0.29) is 50.8 Å². The summed E-state index contributed by atoms with van der Waals surface area (Å²) in [4.78, 5) is 8.14. The van der Waals surface area contributed by atoms with E-state index in [4.69, 9.17) is 0 Å². The molecular weight excluding hydrogens is 328 g/mol. The zero-order chi connectivity index (χ0) is 6.10. The van der Waals surface area contributed by atoms with Crippen LogP contribution in [0.25, 0.3) is 0 Å². The van der Waals surface area contributed by atoms with E-state index in [0.717, 1.165) is 5.71 Å². The minimum Gasteiger partial charge on any atom is -0.260 e. The predicted octanol–water partition coefficient (Wildman–Crippen LogP) is 0.959. The molecular formula is C7H6Ag2N2. The van der Waals surface area contributed by atoms with Crippen molar-refractivity contribution in [3.63, 3.8) is 0 Å². The molecule has 0 N–H and O–H groups in total. The first-order valence-electron chi connectivity index (χ1n) is 2.91. The summed E-state index contributed by atoms with van der Waals surface area (Å²) in [6, 6.07) is 0.218. The van der Waals surface area contributed by atoms with Crippen molar-refractivity contribution in [1.82, 2.24) is 0 Å². The third kappa shape index (κ3) is 2.37. The van der Waals surface area contributed by atoms with Gasteiger partial charge >= 0.3 is 0 Å². The summed E-state index contributed by atoms with van der Waals surface area (Å²) in [5.41, 5.74) is 1.05. The number of hydrogen-bond acceptors (Lipinski definition) is 2. The molecule has 66 valence electrons. The minimum absolute atomic E-state index is 0. The van der Waals surface area contributed by atoms with Crippen molar-refractivity contribution >= 4 is 12.1 Å². The molecule has 0 aromatic heterocycles. The fourth-order valence-corrected chi connectivity index (χ4v) is 0.938. The molecule has 1 unspecified atom stereocenters. The van der Waals surface area contributed by atoms with Crippen LogP contribution in [-0.2, 0) is 44.8 Å². The van der Waals surface area contributed by atoms with Gasteiger partial charge in [-0.3, -0.25) is 4.99 Å². The maximum Gasteiger partial charge on any atom is 0.112 e. The van der Waals surface area contributed by atoms with E-state index in [9.17, 15) is 0 Å². The van der Waals surface area contributed by atoms with E-state index >= 15 is 0 Å². The molecule has 1 atom stereocenters. The maximum atomic E-state index is 4.09. The SMILES string of the molecule is C1=CC2=NC=NC2C=C1.[Ag].[Ag]. The molecule has 2 aliphatic rings. The van der Waals surface area contributed by atoms with Gasteiger partial charge in [0.05, 0.1) is 5.71 Å². The third-order valence-electron chi connectivity index (χ3n) is 1.41. The van der Waals surface area contributed by atoms with E-state index in [2.05, 4.69) is 9.98 Å². The Bertz CT molecular complexity index is 241. The number of allylic oxidation sites excluding steroid dienone is 2. The maximum absolute atomic E-state index is 4.09. The Kier molecular flexibility index (Phi) is 5.17. The summed E-state index contributed by atoms with van der Waals surface area (Å²) in [7, 11) is 0. The van der Waals surface area contributed by atoms with Gasteiger partial charge in [-0.05, 0) is 6.08 Å². The molecule has 0 aromatic carbocycles. The molecule has 11 heavy (non-hydrogen) atoms. The second-order valence-corrected chi connectivity index (χ2v) is 2.01. The van der Waals surface area contributed by atoms with Gasteiger partial charge in [-0.2, -0.15) is 0 Å². The fraction of sp³-hybridized carbons (Fsp3) is 0.143. The summed E-state index contributed by atoms with van der Waals surface area (Å²) in [5, 5.41) is 0. The standard InChI is InChI=1S/C7H6N2.2Ag/c1-2-4-7-6(3-1)8-5-9-7;;/h1-6H;;. The molecule has 0 aromatic rings. The first-order chi connectivity index (χ1) is 4.47. The quantitative estimate of drug-likeness (QED) is 0.590. The summed E-state index contributed by atoms with van der Waals surface area (Å²) < 4.78 is 0. The van der Waals surface area contributed by atoms with Crippen molar-refractivity contribution in [3.05, 3.63) is 24.3 Å². The molecule has 0 saturated heterocycles. The van der Waals surface area contributed by atoms with Crippen molar-refractivity contribution in [3.8, 4) is 0 Å². The van der Waals surface area contributed by atoms with Crippen LogP contribution in [0.1, 0.15) is 0 Å².